The molecular weight excluding hydrogens is 314 g/mol. The molecule has 0 aliphatic carbocycles. The van der Waals surface area contributed by atoms with Gasteiger partial charge < -0.3 is 15.5 Å². The minimum absolute atomic E-state index is 0.00576. The number of benzene rings is 2. The van der Waals surface area contributed by atoms with Crippen molar-refractivity contribution in [2.75, 3.05) is 25.5 Å². The van der Waals surface area contributed by atoms with E-state index in [1.165, 1.54) is 0 Å². The van der Waals surface area contributed by atoms with E-state index in [-0.39, 0.29) is 11.9 Å². The Bertz CT molecular complexity index is 784. The molecule has 2 aromatic rings. The van der Waals surface area contributed by atoms with Crippen LogP contribution in [-0.2, 0) is 0 Å². The fourth-order valence-electron chi connectivity index (χ4n) is 3.31. The van der Waals surface area contributed by atoms with E-state index in [1.807, 2.05) is 25.1 Å². The van der Waals surface area contributed by atoms with Crippen LogP contribution < -0.4 is 10.6 Å². The van der Waals surface area contributed by atoms with E-state index >= 15 is 0 Å². The van der Waals surface area contributed by atoms with Gasteiger partial charge in [0.25, 0.3) is 5.91 Å². The highest BCUT2D eigenvalue weighted by Gasteiger charge is 2.30. The van der Waals surface area contributed by atoms with Crippen LogP contribution in [0.2, 0.25) is 0 Å². The molecule has 25 heavy (non-hydrogen) atoms. The zero-order valence-electron chi connectivity index (χ0n) is 14.6. The molecule has 0 saturated carbocycles. The van der Waals surface area contributed by atoms with Crippen molar-refractivity contribution in [1.82, 2.24) is 4.90 Å². The Morgan fingerprint density at radius 1 is 1.08 bits per heavy atom. The standard InChI is InChI=1S/C20H23N3O2/c1-22(2)17-6-3-5-16(13-17)18-7-4-12-23(18)20(25)15-10-8-14(9-11-15)19(21)24/h3,5-6,8-11,13,18H,4,7,12H2,1-2H3,(H2,21,24). The lowest BCUT2D eigenvalue weighted by molar-refractivity contribution is 0.0735. The Balaban J connectivity index is 1.84. The normalized spacial score (nSPS) is 16.7. The first-order valence-electron chi connectivity index (χ1n) is 8.45. The average molecular weight is 337 g/mol. The maximum Gasteiger partial charge on any atom is 0.254 e. The summed E-state index contributed by atoms with van der Waals surface area (Å²) in [5.74, 6) is -0.493. The molecule has 130 valence electrons. The maximum atomic E-state index is 12.9. The number of amides is 2. The third kappa shape index (κ3) is 3.50. The van der Waals surface area contributed by atoms with Crippen LogP contribution >= 0.6 is 0 Å². The molecule has 0 spiro atoms. The Kier molecular flexibility index (Phi) is 4.74. The number of nitrogens with two attached hydrogens (primary N) is 1. The lowest BCUT2D eigenvalue weighted by Gasteiger charge is -2.26. The largest absolute Gasteiger partial charge is 0.378 e. The van der Waals surface area contributed by atoms with Crippen LogP contribution in [0.25, 0.3) is 0 Å². The number of hydrogen-bond donors (Lipinski definition) is 1. The molecule has 2 amide bonds. The van der Waals surface area contributed by atoms with Crippen molar-refractivity contribution in [3.05, 3.63) is 65.2 Å². The van der Waals surface area contributed by atoms with Gasteiger partial charge in [-0.1, -0.05) is 12.1 Å². The van der Waals surface area contributed by atoms with Crippen molar-refractivity contribution in [2.45, 2.75) is 18.9 Å². The smallest absolute Gasteiger partial charge is 0.254 e. The Labute approximate surface area is 148 Å². The van der Waals surface area contributed by atoms with Gasteiger partial charge in [0.2, 0.25) is 5.91 Å². The summed E-state index contributed by atoms with van der Waals surface area (Å²) in [7, 11) is 4.02. The molecule has 3 rings (SSSR count). The highest BCUT2D eigenvalue weighted by atomic mass is 16.2. The molecule has 5 nitrogen and oxygen atoms in total. The van der Waals surface area contributed by atoms with Crippen LogP contribution in [0.15, 0.2) is 48.5 Å². The van der Waals surface area contributed by atoms with Crippen LogP contribution in [0.4, 0.5) is 5.69 Å². The average Bonchev–Trinajstić information content (AvgIpc) is 3.11. The predicted octanol–water partition coefficient (Wildman–Crippen LogP) is 2.83. The van der Waals surface area contributed by atoms with Crippen molar-refractivity contribution in [1.29, 1.82) is 0 Å². The Morgan fingerprint density at radius 3 is 2.40 bits per heavy atom. The van der Waals surface area contributed by atoms with E-state index in [0.29, 0.717) is 11.1 Å². The summed E-state index contributed by atoms with van der Waals surface area (Å²) >= 11 is 0. The van der Waals surface area contributed by atoms with Gasteiger partial charge >= 0.3 is 0 Å². The molecule has 1 atom stereocenters. The second kappa shape index (κ2) is 6.97. The number of rotatable bonds is 4. The van der Waals surface area contributed by atoms with Gasteiger partial charge in [-0.25, -0.2) is 0 Å². The van der Waals surface area contributed by atoms with Gasteiger partial charge in [-0.2, -0.15) is 0 Å². The third-order valence-corrected chi connectivity index (χ3v) is 4.70. The van der Waals surface area contributed by atoms with Crippen molar-refractivity contribution in [3.63, 3.8) is 0 Å². The first kappa shape index (κ1) is 17.0. The monoisotopic (exact) mass is 337 g/mol. The number of carbonyl (C=O) groups excluding carboxylic acids is 2. The number of carbonyl (C=O) groups is 2. The summed E-state index contributed by atoms with van der Waals surface area (Å²) in [6, 6.07) is 15.0. The topological polar surface area (TPSA) is 66.6 Å². The summed E-state index contributed by atoms with van der Waals surface area (Å²) in [5.41, 5.74) is 8.54. The van der Waals surface area contributed by atoms with Gasteiger partial charge in [-0.3, -0.25) is 9.59 Å². The van der Waals surface area contributed by atoms with E-state index in [9.17, 15) is 9.59 Å². The van der Waals surface area contributed by atoms with Crippen LogP contribution in [0, 0.1) is 0 Å². The minimum Gasteiger partial charge on any atom is -0.378 e. The highest BCUT2D eigenvalue weighted by Crippen LogP contribution is 2.34. The predicted molar refractivity (Wildman–Crippen MR) is 98.7 cm³/mol. The van der Waals surface area contributed by atoms with Crippen LogP contribution in [-0.4, -0.2) is 37.4 Å². The number of hydrogen-bond acceptors (Lipinski definition) is 3. The van der Waals surface area contributed by atoms with Crippen LogP contribution in [0.1, 0.15) is 45.2 Å². The second-order valence-electron chi connectivity index (χ2n) is 6.59. The summed E-state index contributed by atoms with van der Waals surface area (Å²) in [6.07, 6.45) is 1.95. The number of likely N-dealkylation sites (tertiary alicyclic amines) is 1. The summed E-state index contributed by atoms with van der Waals surface area (Å²) in [5, 5.41) is 0. The summed E-state index contributed by atoms with van der Waals surface area (Å²) in [4.78, 5) is 28.1. The summed E-state index contributed by atoms with van der Waals surface area (Å²) in [6.45, 7) is 0.743. The van der Waals surface area contributed by atoms with E-state index in [1.54, 1.807) is 24.3 Å². The van der Waals surface area contributed by atoms with Crippen molar-refractivity contribution in [3.8, 4) is 0 Å². The fourth-order valence-corrected chi connectivity index (χ4v) is 3.31. The lowest BCUT2D eigenvalue weighted by Crippen LogP contribution is -2.30. The van der Waals surface area contributed by atoms with Crippen LogP contribution in [0.5, 0.6) is 0 Å². The number of primary amides is 1. The maximum absolute atomic E-state index is 12.9. The van der Waals surface area contributed by atoms with Crippen molar-refractivity contribution < 1.29 is 9.59 Å². The van der Waals surface area contributed by atoms with Crippen LogP contribution in [0.3, 0.4) is 0 Å². The molecule has 0 aromatic heterocycles. The van der Waals surface area contributed by atoms with Gasteiger partial charge in [0.15, 0.2) is 0 Å². The van der Waals surface area contributed by atoms with Gasteiger partial charge in [0.1, 0.15) is 0 Å². The van der Waals surface area contributed by atoms with E-state index in [4.69, 9.17) is 5.73 Å². The molecule has 0 bridgehead atoms. The van der Waals surface area contributed by atoms with Gasteiger partial charge in [0, 0.05) is 37.5 Å². The molecular formula is C20H23N3O2. The number of anilines is 1. The van der Waals surface area contributed by atoms with Crippen molar-refractivity contribution in [2.24, 2.45) is 5.73 Å². The molecule has 2 N–H and O–H groups in total. The van der Waals surface area contributed by atoms with E-state index in [2.05, 4.69) is 23.1 Å². The first-order valence-corrected chi connectivity index (χ1v) is 8.45. The van der Waals surface area contributed by atoms with Gasteiger partial charge in [0.05, 0.1) is 6.04 Å². The molecule has 1 fully saturated rings. The number of nitrogens with zero attached hydrogens (tertiary/aromatic N) is 2. The lowest BCUT2D eigenvalue weighted by atomic mass is 10.0. The second-order valence-corrected chi connectivity index (χ2v) is 6.59. The highest BCUT2D eigenvalue weighted by molar-refractivity contribution is 5.97. The zero-order valence-corrected chi connectivity index (χ0v) is 14.6. The SMILES string of the molecule is CN(C)c1cccc(C2CCCN2C(=O)c2ccc(C(N)=O)cc2)c1. The molecule has 1 aliphatic rings. The Hall–Kier alpha value is -2.82. The van der Waals surface area contributed by atoms with E-state index < -0.39 is 5.91 Å². The third-order valence-electron chi connectivity index (χ3n) is 4.70. The molecule has 0 radical (unpaired) electrons. The molecule has 1 unspecified atom stereocenters. The fraction of sp³-hybridized carbons (Fsp3) is 0.300. The van der Waals surface area contributed by atoms with Gasteiger partial charge in [-0.15, -0.1) is 0 Å². The summed E-state index contributed by atoms with van der Waals surface area (Å²) < 4.78 is 0. The first-order chi connectivity index (χ1) is 12.0. The van der Waals surface area contributed by atoms with Gasteiger partial charge in [-0.05, 0) is 54.8 Å². The molecule has 1 saturated heterocycles. The van der Waals surface area contributed by atoms with E-state index in [0.717, 1.165) is 30.6 Å². The minimum atomic E-state index is -0.487. The van der Waals surface area contributed by atoms with Crippen molar-refractivity contribution >= 4 is 17.5 Å². The molecule has 1 heterocycles. The molecule has 5 heteroatoms. The molecule has 1 aliphatic heterocycles. The quantitative estimate of drug-likeness (QED) is 0.933. The molecule has 2 aromatic carbocycles. The zero-order chi connectivity index (χ0) is 18.0. The Morgan fingerprint density at radius 2 is 1.76 bits per heavy atom.